The monoisotopic (exact) mass is 502 g/mol. The quantitative estimate of drug-likeness (QED) is 0.239. The van der Waals surface area contributed by atoms with Gasteiger partial charge in [-0.05, 0) is 73.7 Å². The molecule has 0 saturated heterocycles. The summed E-state index contributed by atoms with van der Waals surface area (Å²) in [5, 5.41) is 6.08. The number of nitrogens with one attached hydrogen (secondary N) is 1. The number of nitroso groups, excluding NO2 is 1. The number of anilines is 1. The van der Waals surface area contributed by atoms with Crippen molar-refractivity contribution in [3.8, 4) is 11.3 Å². The second-order valence-electron chi connectivity index (χ2n) is 8.25. The summed E-state index contributed by atoms with van der Waals surface area (Å²) in [5.41, 5.74) is 6.08. The fraction of sp³-hybridized carbons (Fsp3) is 0.345. The van der Waals surface area contributed by atoms with Crippen molar-refractivity contribution in [1.82, 2.24) is 9.97 Å². The first-order valence-corrected chi connectivity index (χ1v) is 13.8. The van der Waals surface area contributed by atoms with Gasteiger partial charge in [-0.2, -0.15) is 0 Å². The molecule has 1 amide bonds. The highest BCUT2D eigenvalue weighted by molar-refractivity contribution is 8.07. The van der Waals surface area contributed by atoms with Gasteiger partial charge in [0, 0.05) is 16.9 Å². The van der Waals surface area contributed by atoms with Crippen molar-refractivity contribution < 1.29 is 4.79 Å². The molecule has 1 heterocycles. The number of carbonyl (C=O) groups excluding carboxylic acids is 1. The Morgan fingerprint density at radius 2 is 1.86 bits per heavy atom. The molecule has 188 valence electrons. The fourth-order valence-corrected chi connectivity index (χ4v) is 4.82. The average molecular weight is 503 g/mol. The molecule has 1 aliphatic carbocycles. The van der Waals surface area contributed by atoms with Crippen molar-refractivity contribution in [2.24, 2.45) is 5.18 Å². The second kappa shape index (κ2) is 13.7. The summed E-state index contributed by atoms with van der Waals surface area (Å²) in [6.07, 6.45) is 8.61. The van der Waals surface area contributed by atoms with Gasteiger partial charge < -0.3 is 5.32 Å². The third-order valence-electron chi connectivity index (χ3n) is 5.98. The maximum atomic E-state index is 12.8. The van der Waals surface area contributed by atoms with Crippen LogP contribution in [0.25, 0.3) is 16.2 Å². The van der Waals surface area contributed by atoms with Crippen molar-refractivity contribution in [2.75, 3.05) is 11.6 Å². The van der Waals surface area contributed by atoms with Gasteiger partial charge in [0.15, 0.2) is 5.82 Å². The van der Waals surface area contributed by atoms with Crippen molar-refractivity contribution >= 4 is 34.1 Å². The smallest absolute Gasteiger partial charge is 0.225 e. The summed E-state index contributed by atoms with van der Waals surface area (Å²) in [7, 11) is 0. The summed E-state index contributed by atoms with van der Waals surface area (Å²) in [5.74, 6) is 0.474. The molecule has 0 bridgehead atoms. The largest absolute Gasteiger partial charge is 0.309 e. The van der Waals surface area contributed by atoms with Crippen LogP contribution in [-0.4, -0.2) is 22.1 Å². The second-order valence-corrected chi connectivity index (χ2v) is 9.09. The first-order chi connectivity index (χ1) is 17.6. The maximum Gasteiger partial charge on any atom is 0.225 e. The molecule has 36 heavy (non-hydrogen) atoms. The molecule has 3 aromatic rings. The van der Waals surface area contributed by atoms with E-state index in [9.17, 15) is 9.70 Å². The average Bonchev–Trinajstić information content (AvgIpc) is 2.93. The van der Waals surface area contributed by atoms with Crippen LogP contribution < -0.4 is 5.32 Å². The Morgan fingerprint density at radius 1 is 1.08 bits per heavy atom. The molecule has 0 unspecified atom stereocenters. The molecule has 2 aromatic carbocycles. The van der Waals surface area contributed by atoms with Crippen molar-refractivity contribution in [3.05, 3.63) is 82.0 Å². The number of nitrogens with zero attached hydrogens (tertiary/aromatic N) is 3. The van der Waals surface area contributed by atoms with Gasteiger partial charge in [-0.15, -0.1) is 16.7 Å². The molecule has 0 spiro atoms. The van der Waals surface area contributed by atoms with Crippen LogP contribution in [0.5, 0.6) is 0 Å². The number of thioether (sulfide) groups is 1. The summed E-state index contributed by atoms with van der Waals surface area (Å²) in [4.78, 5) is 34.5. The third-order valence-corrected chi connectivity index (χ3v) is 6.85. The zero-order valence-corrected chi connectivity index (χ0v) is 22.3. The lowest BCUT2D eigenvalue weighted by molar-refractivity contribution is -0.116. The number of hydrogen-bond acceptors (Lipinski definition) is 6. The van der Waals surface area contributed by atoms with Crippen LogP contribution in [0.15, 0.2) is 59.8 Å². The van der Waals surface area contributed by atoms with Gasteiger partial charge in [-0.25, -0.2) is 9.97 Å². The van der Waals surface area contributed by atoms with Gasteiger partial charge in [-0.1, -0.05) is 56.3 Å². The van der Waals surface area contributed by atoms with Crippen LogP contribution >= 0.6 is 11.8 Å². The standard InChI is InChI=1S/C27H28N4O2S.C2H6/c1-3-23(34-2)26-27(29-24(32)12-8-7-11-18-9-5-4-6-10-18)28-22-16-13-19-17-20(31-33)14-15-21(19)25(22)30-26;1-2/h3-6,9-10,14-15,17H,7-8,11-13,16H2,1-2H3,(H,28,29,32);1-2H3/b23-3-;. The highest BCUT2D eigenvalue weighted by atomic mass is 32.2. The molecule has 6 nitrogen and oxygen atoms in total. The van der Waals surface area contributed by atoms with Gasteiger partial charge in [0.1, 0.15) is 11.4 Å². The summed E-state index contributed by atoms with van der Waals surface area (Å²) in [6.45, 7) is 5.96. The SMILES string of the molecule is C/C=C(\SC)c1nc2c(nc1NC(=O)CCCCc1ccccc1)CCc1cc(N=O)ccc1-2.CC. The van der Waals surface area contributed by atoms with Gasteiger partial charge in [0.25, 0.3) is 0 Å². The van der Waals surface area contributed by atoms with Crippen molar-refractivity contribution in [2.45, 2.75) is 59.3 Å². The maximum absolute atomic E-state index is 12.8. The van der Waals surface area contributed by atoms with Gasteiger partial charge in [-0.3, -0.25) is 4.79 Å². The van der Waals surface area contributed by atoms with E-state index < -0.39 is 0 Å². The number of hydrogen-bond donors (Lipinski definition) is 1. The predicted octanol–water partition coefficient (Wildman–Crippen LogP) is 7.74. The Hall–Kier alpha value is -3.32. The van der Waals surface area contributed by atoms with Crippen LogP contribution in [0, 0.1) is 4.91 Å². The van der Waals surface area contributed by atoms with E-state index in [1.54, 1.807) is 17.8 Å². The zero-order valence-electron chi connectivity index (χ0n) is 21.5. The van der Waals surface area contributed by atoms with Crippen molar-refractivity contribution in [1.29, 1.82) is 0 Å². The van der Waals surface area contributed by atoms with Gasteiger partial charge in [0.05, 0.1) is 11.4 Å². The molecule has 0 radical (unpaired) electrons. The number of unbranched alkanes of at least 4 members (excludes halogenated alkanes) is 1. The Bertz CT molecular complexity index is 1230. The number of aromatic nitrogens is 2. The van der Waals surface area contributed by atoms with E-state index in [0.717, 1.165) is 53.1 Å². The Kier molecular flexibility index (Phi) is 10.4. The summed E-state index contributed by atoms with van der Waals surface area (Å²) < 4.78 is 0. The third kappa shape index (κ3) is 6.66. The van der Waals surface area contributed by atoms with E-state index in [4.69, 9.17) is 9.97 Å². The number of amides is 1. The molecular weight excluding hydrogens is 468 g/mol. The number of benzene rings is 2. The fourth-order valence-electron chi connectivity index (χ4n) is 4.25. The highest BCUT2D eigenvalue weighted by Crippen LogP contribution is 2.37. The van der Waals surface area contributed by atoms with Crippen LogP contribution in [0.2, 0.25) is 0 Å². The molecule has 7 heteroatoms. The van der Waals surface area contributed by atoms with Gasteiger partial charge in [0.2, 0.25) is 5.91 Å². The Balaban J connectivity index is 0.00000176. The predicted molar refractivity (Wildman–Crippen MR) is 151 cm³/mol. The molecule has 0 saturated carbocycles. The van der Waals surface area contributed by atoms with E-state index in [0.29, 0.717) is 30.0 Å². The number of carbonyl (C=O) groups is 1. The van der Waals surface area contributed by atoms with E-state index in [2.05, 4.69) is 22.6 Å². The molecule has 1 N–H and O–H groups in total. The minimum Gasteiger partial charge on any atom is -0.309 e. The van der Waals surface area contributed by atoms with Gasteiger partial charge >= 0.3 is 0 Å². The van der Waals surface area contributed by atoms with Crippen LogP contribution in [0.1, 0.15) is 62.5 Å². The highest BCUT2D eigenvalue weighted by Gasteiger charge is 2.24. The summed E-state index contributed by atoms with van der Waals surface area (Å²) >= 11 is 1.57. The van der Waals surface area contributed by atoms with E-state index in [1.807, 2.05) is 63.4 Å². The molecular formula is C29H34N4O2S. The van der Waals surface area contributed by atoms with Crippen LogP contribution in [0.4, 0.5) is 11.5 Å². The molecule has 0 aliphatic heterocycles. The Labute approximate surface area is 218 Å². The molecule has 1 aliphatic rings. The first kappa shape index (κ1) is 27.3. The lowest BCUT2D eigenvalue weighted by Crippen LogP contribution is -2.18. The normalized spacial score (nSPS) is 12.1. The zero-order chi connectivity index (χ0) is 25.9. The molecule has 1 aromatic heterocycles. The number of allylic oxidation sites excluding steroid dienone is 1. The minimum absolute atomic E-state index is 0.0435. The lowest BCUT2D eigenvalue weighted by atomic mass is 9.91. The topological polar surface area (TPSA) is 84.3 Å². The van der Waals surface area contributed by atoms with E-state index >= 15 is 0 Å². The lowest BCUT2D eigenvalue weighted by Gasteiger charge is -2.21. The van der Waals surface area contributed by atoms with E-state index in [-0.39, 0.29) is 5.91 Å². The van der Waals surface area contributed by atoms with Crippen LogP contribution in [-0.2, 0) is 24.1 Å². The Morgan fingerprint density at radius 3 is 2.56 bits per heavy atom. The minimum atomic E-state index is -0.0435. The number of aryl methyl sites for hydroxylation is 3. The van der Waals surface area contributed by atoms with Crippen LogP contribution in [0.3, 0.4) is 0 Å². The number of rotatable bonds is 9. The van der Waals surface area contributed by atoms with Crippen molar-refractivity contribution in [3.63, 3.8) is 0 Å². The first-order valence-electron chi connectivity index (χ1n) is 12.5. The summed E-state index contributed by atoms with van der Waals surface area (Å²) in [6, 6.07) is 15.7. The van der Waals surface area contributed by atoms with E-state index in [1.165, 1.54) is 5.56 Å². The molecule has 0 fully saturated rings. The molecule has 4 rings (SSSR count). The molecule has 0 atom stereocenters. The number of fused-ring (bicyclic) bond motifs is 3.